The molecule has 0 saturated heterocycles. The lowest BCUT2D eigenvalue weighted by Gasteiger charge is -2.13. The molecule has 9 nitrogen and oxygen atoms in total. The van der Waals surface area contributed by atoms with Crippen molar-refractivity contribution in [2.24, 2.45) is 7.05 Å². The number of fused-ring (bicyclic) bond motifs is 1. The summed E-state index contributed by atoms with van der Waals surface area (Å²) in [5.41, 5.74) is 2.94. The first-order valence-corrected chi connectivity index (χ1v) is 11.3. The summed E-state index contributed by atoms with van der Waals surface area (Å²) in [6.07, 6.45) is 3.28. The molecule has 2 aromatic carbocycles. The maximum atomic E-state index is 12.0. The first-order valence-electron chi connectivity index (χ1n) is 9.32. The Morgan fingerprint density at radius 3 is 2.71 bits per heavy atom. The zero-order chi connectivity index (χ0) is 22.0. The number of rotatable bonds is 7. The van der Waals surface area contributed by atoms with Gasteiger partial charge in [0, 0.05) is 23.8 Å². The van der Waals surface area contributed by atoms with Gasteiger partial charge in [-0.2, -0.15) is 10.1 Å². The molecular formula is C20H20ClN7O2S. The highest BCUT2D eigenvalue weighted by Crippen LogP contribution is 2.28. The summed E-state index contributed by atoms with van der Waals surface area (Å²) in [5.74, 6) is 0.523. The molecule has 2 heterocycles. The monoisotopic (exact) mass is 457 g/mol. The fourth-order valence-electron chi connectivity index (χ4n) is 3.04. The molecule has 0 bridgehead atoms. The Bertz CT molecular complexity index is 1350. The highest BCUT2D eigenvalue weighted by atomic mass is 35.5. The topological polar surface area (TPSA) is 114 Å². The molecule has 11 heteroatoms. The van der Waals surface area contributed by atoms with Crippen molar-refractivity contribution < 1.29 is 8.42 Å². The van der Waals surface area contributed by atoms with Crippen molar-refractivity contribution >= 4 is 55.7 Å². The van der Waals surface area contributed by atoms with E-state index in [1.807, 2.05) is 25.2 Å². The standard InChI is InChI=1S/C20H20ClN7O2S/c1-22-31(29,30)12-14-5-3-4-6-17(14)26-19-16(21)11-23-20(27-19)25-15-8-7-13-10-24-28(2)18(13)9-15/h3-11,22H,12H2,1-2H3,(H2,23,25,26,27). The molecule has 0 aliphatic carbocycles. The van der Waals surface area contributed by atoms with Crippen LogP contribution in [0.5, 0.6) is 0 Å². The summed E-state index contributed by atoms with van der Waals surface area (Å²) in [6, 6.07) is 12.9. The Labute approximate surface area is 184 Å². The van der Waals surface area contributed by atoms with Crippen molar-refractivity contribution in [1.82, 2.24) is 24.5 Å². The third-order valence-corrected chi connectivity index (χ3v) is 6.27. The molecule has 0 amide bonds. The summed E-state index contributed by atoms with van der Waals surface area (Å²) in [5, 5.41) is 11.9. The maximum absolute atomic E-state index is 12.0. The molecular weight excluding hydrogens is 438 g/mol. The van der Waals surface area contributed by atoms with E-state index in [1.165, 1.54) is 13.2 Å². The third kappa shape index (κ3) is 4.76. The summed E-state index contributed by atoms with van der Waals surface area (Å²) < 4.78 is 28.1. The Balaban J connectivity index is 1.61. The fourth-order valence-corrected chi connectivity index (χ4v) is 3.98. The Kier molecular flexibility index (Phi) is 5.77. The molecule has 31 heavy (non-hydrogen) atoms. The minimum absolute atomic E-state index is 0.175. The predicted octanol–water partition coefficient (Wildman–Crippen LogP) is 3.55. The van der Waals surface area contributed by atoms with Gasteiger partial charge in [-0.25, -0.2) is 18.1 Å². The molecule has 0 aliphatic rings. The highest BCUT2D eigenvalue weighted by molar-refractivity contribution is 7.88. The summed E-state index contributed by atoms with van der Waals surface area (Å²) in [6.45, 7) is 0. The van der Waals surface area contributed by atoms with Crippen molar-refractivity contribution in [2.75, 3.05) is 17.7 Å². The van der Waals surface area contributed by atoms with Crippen LogP contribution in [0, 0.1) is 0 Å². The van der Waals surface area contributed by atoms with E-state index in [1.54, 1.807) is 35.1 Å². The zero-order valence-corrected chi connectivity index (χ0v) is 18.4. The van der Waals surface area contributed by atoms with Gasteiger partial charge in [0.05, 0.1) is 23.7 Å². The number of halogens is 1. The zero-order valence-electron chi connectivity index (χ0n) is 16.8. The quantitative estimate of drug-likeness (QED) is 0.388. The lowest BCUT2D eigenvalue weighted by Crippen LogP contribution is -2.20. The van der Waals surface area contributed by atoms with E-state index < -0.39 is 10.0 Å². The van der Waals surface area contributed by atoms with Crippen molar-refractivity contribution in [1.29, 1.82) is 0 Å². The summed E-state index contributed by atoms with van der Waals surface area (Å²) in [4.78, 5) is 8.70. The molecule has 3 N–H and O–H groups in total. The Hall–Kier alpha value is -3.21. The lowest BCUT2D eigenvalue weighted by atomic mass is 10.2. The van der Waals surface area contributed by atoms with E-state index in [0.717, 1.165) is 16.6 Å². The highest BCUT2D eigenvalue weighted by Gasteiger charge is 2.14. The van der Waals surface area contributed by atoms with Gasteiger partial charge >= 0.3 is 0 Å². The second kappa shape index (κ2) is 8.50. The average molecular weight is 458 g/mol. The number of nitrogens with one attached hydrogen (secondary N) is 3. The van der Waals surface area contributed by atoms with Crippen molar-refractivity contribution in [3.8, 4) is 0 Å². The molecule has 0 spiro atoms. The second-order valence-electron chi connectivity index (χ2n) is 6.80. The molecule has 160 valence electrons. The van der Waals surface area contributed by atoms with Gasteiger partial charge in [0.2, 0.25) is 16.0 Å². The minimum Gasteiger partial charge on any atom is -0.339 e. The number of sulfonamides is 1. The molecule has 4 aromatic rings. The van der Waals surface area contributed by atoms with Crippen LogP contribution < -0.4 is 15.4 Å². The van der Waals surface area contributed by atoms with Crippen molar-refractivity contribution in [3.63, 3.8) is 0 Å². The van der Waals surface area contributed by atoms with Crippen LogP contribution in [0.4, 0.5) is 23.1 Å². The normalized spacial score (nSPS) is 11.6. The van der Waals surface area contributed by atoms with Crippen LogP contribution in [0.1, 0.15) is 5.56 Å². The molecule has 0 unspecified atom stereocenters. The SMILES string of the molecule is CNS(=O)(=O)Cc1ccccc1Nc1nc(Nc2ccc3cnn(C)c3c2)ncc1Cl. The number of anilines is 4. The largest absolute Gasteiger partial charge is 0.339 e. The fraction of sp³-hybridized carbons (Fsp3) is 0.150. The van der Waals surface area contributed by atoms with E-state index in [-0.39, 0.29) is 5.75 Å². The van der Waals surface area contributed by atoms with Crippen LogP contribution in [0.2, 0.25) is 5.02 Å². The molecule has 0 aliphatic heterocycles. The second-order valence-corrected chi connectivity index (χ2v) is 9.14. The van der Waals surface area contributed by atoms with E-state index in [2.05, 4.69) is 30.4 Å². The lowest BCUT2D eigenvalue weighted by molar-refractivity contribution is 0.587. The molecule has 2 aromatic heterocycles. The van der Waals surface area contributed by atoms with Gasteiger partial charge in [0.1, 0.15) is 5.02 Å². The first-order chi connectivity index (χ1) is 14.8. The van der Waals surface area contributed by atoms with Gasteiger partial charge in [-0.3, -0.25) is 4.68 Å². The van der Waals surface area contributed by atoms with Gasteiger partial charge in [-0.05, 0) is 36.9 Å². The van der Waals surface area contributed by atoms with Gasteiger partial charge in [0.15, 0.2) is 5.82 Å². The maximum Gasteiger partial charge on any atom is 0.229 e. The van der Waals surface area contributed by atoms with E-state index >= 15 is 0 Å². The van der Waals surface area contributed by atoms with Crippen molar-refractivity contribution in [3.05, 3.63) is 65.4 Å². The van der Waals surface area contributed by atoms with Crippen LogP contribution in [0.3, 0.4) is 0 Å². The van der Waals surface area contributed by atoms with Crippen LogP contribution in [-0.4, -0.2) is 35.2 Å². The predicted molar refractivity (Wildman–Crippen MR) is 122 cm³/mol. The number of aromatic nitrogens is 4. The van der Waals surface area contributed by atoms with E-state index in [9.17, 15) is 8.42 Å². The molecule has 4 rings (SSSR count). The Morgan fingerprint density at radius 1 is 1.10 bits per heavy atom. The van der Waals surface area contributed by atoms with Gasteiger partial charge in [-0.15, -0.1) is 0 Å². The molecule has 0 fully saturated rings. The number of aryl methyl sites for hydroxylation is 1. The van der Waals surface area contributed by atoms with Gasteiger partial charge in [0.25, 0.3) is 0 Å². The molecule has 0 atom stereocenters. The van der Waals surface area contributed by atoms with E-state index in [0.29, 0.717) is 28.0 Å². The molecule has 0 saturated carbocycles. The van der Waals surface area contributed by atoms with Crippen LogP contribution in [0.25, 0.3) is 10.9 Å². The van der Waals surface area contributed by atoms with E-state index in [4.69, 9.17) is 11.6 Å². The number of benzene rings is 2. The smallest absolute Gasteiger partial charge is 0.229 e. The summed E-state index contributed by atoms with van der Waals surface area (Å²) >= 11 is 6.29. The molecule has 0 radical (unpaired) electrons. The first kappa shape index (κ1) is 21.0. The Morgan fingerprint density at radius 2 is 1.90 bits per heavy atom. The number of hydrogen-bond donors (Lipinski definition) is 3. The number of para-hydroxylation sites is 1. The van der Waals surface area contributed by atoms with Crippen LogP contribution >= 0.6 is 11.6 Å². The van der Waals surface area contributed by atoms with Crippen molar-refractivity contribution in [2.45, 2.75) is 5.75 Å². The van der Waals surface area contributed by atoms with Crippen LogP contribution in [0.15, 0.2) is 54.9 Å². The average Bonchev–Trinajstić information content (AvgIpc) is 3.12. The summed E-state index contributed by atoms with van der Waals surface area (Å²) in [7, 11) is -0.182. The third-order valence-electron chi connectivity index (χ3n) is 4.68. The number of hydrogen-bond acceptors (Lipinski definition) is 7. The van der Waals surface area contributed by atoms with Crippen LogP contribution in [-0.2, 0) is 22.8 Å². The van der Waals surface area contributed by atoms with Gasteiger partial charge < -0.3 is 10.6 Å². The number of nitrogens with zero attached hydrogens (tertiary/aromatic N) is 4. The van der Waals surface area contributed by atoms with Gasteiger partial charge in [-0.1, -0.05) is 29.8 Å². The minimum atomic E-state index is -3.44.